The number of aliphatic hydroxyl groups is 1. The molecule has 39 heavy (non-hydrogen) atoms. The van der Waals surface area contributed by atoms with Crippen LogP contribution in [0.1, 0.15) is 99.7 Å². The number of likely N-dealkylation sites (tertiary alicyclic amines) is 1. The number of amides is 2. The summed E-state index contributed by atoms with van der Waals surface area (Å²) < 4.78 is 0. The number of carbonyl (C=O) groups is 2. The van der Waals surface area contributed by atoms with Crippen LogP contribution in [-0.2, 0) is 9.59 Å². The Hall–Kier alpha value is -2.29. The standard InChI is InChI=1S/C31H44N4O3S/c1-32-19-28(37)34-29(22-9-3-2-4-10-22)31(38)35-17-7-14-27(35)30-33-26(20-39-30)25-16-15-21(11-8-18-36)23-12-5-6-13-24(23)25/h6,13,15,20,22,25,27,29,32,36H,2-5,7-12,14,16-19H2,1H3,(H,34,37)/t25?,27-,29-/m0/s1. The molecule has 0 aromatic carbocycles. The largest absolute Gasteiger partial charge is 0.396 e. The number of thiazole rings is 1. The maximum Gasteiger partial charge on any atom is 0.246 e. The van der Waals surface area contributed by atoms with E-state index < -0.39 is 6.04 Å². The molecule has 1 saturated carbocycles. The number of nitrogens with one attached hydrogen (secondary N) is 2. The van der Waals surface area contributed by atoms with Crippen molar-refractivity contribution < 1.29 is 14.7 Å². The lowest BCUT2D eigenvalue weighted by Crippen LogP contribution is -2.53. The van der Waals surface area contributed by atoms with E-state index in [1.165, 1.54) is 23.1 Å². The molecule has 3 aliphatic carbocycles. The molecule has 1 unspecified atom stereocenters. The number of nitrogens with zero attached hydrogens (tertiary/aromatic N) is 2. The molecule has 2 fully saturated rings. The van der Waals surface area contributed by atoms with Gasteiger partial charge in [0.1, 0.15) is 11.0 Å². The van der Waals surface area contributed by atoms with Crippen LogP contribution in [0.2, 0.25) is 0 Å². The van der Waals surface area contributed by atoms with E-state index in [0.29, 0.717) is 0 Å². The summed E-state index contributed by atoms with van der Waals surface area (Å²) in [5.74, 6) is 0.417. The van der Waals surface area contributed by atoms with Crippen LogP contribution in [0.25, 0.3) is 0 Å². The Balaban J connectivity index is 1.34. The smallest absolute Gasteiger partial charge is 0.246 e. The molecule has 0 radical (unpaired) electrons. The van der Waals surface area contributed by atoms with Gasteiger partial charge in [-0.2, -0.15) is 0 Å². The number of allylic oxidation sites excluding steroid dienone is 6. The highest BCUT2D eigenvalue weighted by Crippen LogP contribution is 2.44. The van der Waals surface area contributed by atoms with E-state index in [4.69, 9.17) is 4.98 Å². The van der Waals surface area contributed by atoms with Crippen LogP contribution in [-0.4, -0.2) is 59.6 Å². The Morgan fingerprint density at radius 1 is 1.21 bits per heavy atom. The van der Waals surface area contributed by atoms with Gasteiger partial charge in [0.25, 0.3) is 0 Å². The van der Waals surface area contributed by atoms with Crippen LogP contribution >= 0.6 is 11.3 Å². The molecule has 2 heterocycles. The topological polar surface area (TPSA) is 94.6 Å². The predicted octanol–water partition coefficient (Wildman–Crippen LogP) is 4.92. The third-order valence-electron chi connectivity index (χ3n) is 8.93. The van der Waals surface area contributed by atoms with Crippen LogP contribution < -0.4 is 10.6 Å². The minimum atomic E-state index is -0.452. The molecule has 8 heteroatoms. The Kier molecular flexibility index (Phi) is 9.69. The fourth-order valence-corrected chi connectivity index (χ4v) is 8.00. The second-order valence-electron chi connectivity index (χ2n) is 11.5. The highest BCUT2D eigenvalue weighted by Gasteiger charge is 2.40. The van der Waals surface area contributed by atoms with E-state index in [-0.39, 0.29) is 42.8 Å². The molecule has 5 rings (SSSR count). The van der Waals surface area contributed by atoms with E-state index in [2.05, 4.69) is 34.2 Å². The molecular weight excluding hydrogens is 508 g/mol. The van der Waals surface area contributed by atoms with Crippen molar-refractivity contribution in [2.75, 3.05) is 26.7 Å². The molecule has 0 bridgehead atoms. The third kappa shape index (κ3) is 6.39. The molecule has 1 aromatic heterocycles. The van der Waals surface area contributed by atoms with Gasteiger partial charge in [-0.15, -0.1) is 11.3 Å². The Morgan fingerprint density at radius 2 is 2.05 bits per heavy atom. The second-order valence-corrected chi connectivity index (χ2v) is 12.4. The average Bonchev–Trinajstić information content (AvgIpc) is 3.65. The van der Waals surface area contributed by atoms with Gasteiger partial charge < -0.3 is 20.6 Å². The Labute approximate surface area is 236 Å². The molecule has 1 aromatic rings. The number of hydrogen-bond acceptors (Lipinski definition) is 6. The number of rotatable bonds is 10. The van der Waals surface area contributed by atoms with Gasteiger partial charge in [-0.25, -0.2) is 4.98 Å². The first-order chi connectivity index (χ1) is 19.1. The zero-order valence-electron chi connectivity index (χ0n) is 23.3. The van der Waals surface area contributed by atoms with Crippen molar-refractivity contribution in [1.29, 1.82) is 0 Å². The number of hydrogen-bond donors (Lipinski definition) is 3. The first-order valence-electron chi connectivity index (χ1n) is 15.0. The Morgan fingerprint density at radius 3 is 2.85 bits per heavy atom. The predicted molar refractivity (Wildman–Crippen MR) is 155 cm³/mol. The normalized spacial score (nSPS) is 24.5. The first kappa shape index (κ1) is 28.2. The first-order valence-corrected chi connectivity index (χ1v) is 15.9. The summed E-state index contributed by atoms with van der Waals surface area (Å²) in [5, 5.41) is 18.6. The van der Waals surface area contributed by atoms with Crippen molar-refractivity contribution >= 4 is 23.2 Å². The maximum absolute atomic E-state index is 14.0. The summed E-state index contributed by atoms with van der Waals surface area (Å²) in [6.45, 7) is 1.17. The fraction of sp³-hybridized carbons (Fsp3) is 0.645. The second kappa shape index (κ2) is 13.4. The van der Waals surface area contributed by atoms with Crippen molar-refractivity contribution in [2.45, 2.75) is 95.1 Å². The molecule has 7 nitrogen and oxygen atoms in total. The van der Waals surface area contributed by atoms with E-state index in [1.807, 2.05) is 4.90 Å². The molecule has 2 amide bonds. The fourth-order valence-electron chi connectivity index (χ4n) is 6.98. The van der Waals surface area contributed by atoms with E-state index >= 15 is 0 Å². The van der Waals surface area contributed by atoms with Gasteiger partial charge in [0.2, 0.25) is 11.8 Å². The van der Waals surface area contributed by atoms with E-state index in [1.54, 1.807) is 18.4 Å². The lowest BCUT2D eigenvalue weighted by Gasteiger charge is -2.34. The van der Waals surface area contributed by atoms with Crippen molar-refractivity contribution in [1.82, 2.24) is 20.5 Å². The van der Waals surface area contributed by atoms with Gasteiger partial charge in [0, 0.05) is 24.4 Å². The molecule has 3 atom stereocenters. The van der Waals surface area contributed by atoms with Crippen molar-refractivity contribution in [2.24, 2.45) is 5.92 Å². The molecule has 3 N–H and O–H groups in total. The van der Waals surface area contributed by atoms with Crippen LogP contribution in [0.4, 0.5) is 0 Å². The van der Waals surface area contributed by atoms with Crippen molar-refractivity contribution in [3.05, 3.63) is 51.0 Å². The van der Waals surface area contributed by atoms with Gasteiger partial charge in [-0.05, 0) is 87.5 Å². The summed E-state index contributed by atoms with van der Waals surface area (Å²) in [6.07, 6.45) is 19.1. The van der Waals surface area contributed by atoms with Gasteiger partial charge in [0.15, 0.2) is 0 Å². The zero-order valence-corrected chi connectivity index (χ0v) is 24.1. The summed E-state index contributed by atoms with van der Waals surface area (Å²) in [5.41, 5.74) is 5.34. The number of carbonyl (C=O) groups excluding carboxylic acids is 2. The van der Waals surface area contributed by atoms with Crippen LogP contribution in [0.3, 0.4) is 0 Å². The van der Waals surface area contributed by atoms with Gasteiger partial charge in [0.05, 0.1) is 18.3 Å². The van der Waals surface area contributed by atoms with Crippen LogP contribution in [0.15, 0.2) is 40.3 Å². The zero-order chi connectivity index (χ0) is 27.2. The lowest BCUT2D eigenvalue weighted by molar-refractivity contribution is -0.139. The summed E-state index contributed by atoms with van der Waals surface area (Å²) in [7, 11) is 1.76. The highest BCUT2D eigenvalue weighted by atomic mass is 32.1. The number of aliphatic hydroxyl groups excluding tert-OH is 1. The van der Waals surface area contributed by atoms with Crippen LogP contribution in [0, 0.1) is 5.92 Å². The monoisotopic (exact) mass is 552 g/mol. The van der Waals surface area contributed by atoms with Gasteiger partial charge >= 0.3 is 0 Å². The van der Waals surface area contributed by atoms with E-state index in [0.717, 1.165) is 87.9 Å². The van der Waals surface area contributed by atoms with E-state index in [9.17, 15) is 14.7 Å². The summed E-state index contributed by atoms with van der Waals surface area (Å²) in [6, 6.07) is -0.467. The molecule has 1 saturated heterocycles. The van der Waals surface area contributed by atoms with Crippen molar-refractivity contribution in [3.8, 4) is 0 Å². The molecule has 212 valence electrons. The summed E-state index contributed by atoms with van der Waals surface area (Å²) in [4.78, 5) is 33.8. The molecule has 4 aliphatic rings. The highest BCUT2D eigenvalue weighted by molar-refractivity contribution is 7.09. The van der Waals surface area contributed by atoms with Crippen LogP contribution in [0.5, 0.6) is 0 Å². The lowest BCUT2D eigenvalue weighted by atomic mass is 9.76. The third-order valence-corrected chi connectivity index (χ3v) is 9.90. The SMILES string of the molecule is CNCC(=O)N[C@H](C(=O)N1CCC[C@H]1c1nc(C2CC=C(CCCO)C3=C2C=CCC3)cs1)C1CCCCC1. The summed E-state index contributed by atoms with van der Waals surface area (Å²) >= 11 is 1.68. The number of aromatic nitrogens is 1. The molecule has 0 spiro atoms. The minimum Gasteiger partial charge on any atom is -0.396 e. The van der Waals surface area contributed by atoms with Gasteiger partial charge in [-0.1, -0.05) is 37.5 Å². The molecule has 1 aliphatic heterocycles. The number of likely N-dealkylation sites (N-methyl/N-ethyl adjacent to an activating group) is 1. The van der Waals surface area contributed by atoms with Gasteiger partial charge in [-0.3, -0.25) is 9.59 Å². The Bertz CT molecular complexity index is 1120. The quantitative estimate of drug-likeness (QED) is 0.383. The molecular formula is C31H44N4O3S. The average molecular weight is 553 g/mol. The maximum atomic E-state index is 14.0. The van der Waals surface area contributed by atoms with Crippen molar-refractivity contribution in [3.63, 3.8) is 0 Å². The minimum absolute atomic E-state index is 0.0156.